The fraction of sp³-hybridized carbons (Fsp3) is 0.500. The zero-order chi connectivity index (χ0) is 15.6. The summed E-state index contributed by atoms with van der Waals surface area (Å²) in [5.41, 5.74) is 2.40. The summed E-state index contributed by atoms with van der Waals surface area (Å²) in [5, 5.41) is 11.6. The average Bonchev–Trinajstić information content (AvgIpc) is 3.01. The van der Waals surface area contributed by atoms with Crippen LogP contribution < -0.4 is 5.32 Å². The number of aryl methyl sites for hydroxylation is 1. The van der Waals surface area contributed by atoms with Gasteiger partial charge in [0.1, 0.15) is 12.4 Å². The zero-order valence-electron chi connectivity index (χ0n) is 12.7. The fourth-order valence-electron chi connectivity index (χ4n) is 1.91. The Morgan fingerprint density at radius 1 is 1.43 bits per heavy atom. The summed E-state index contributed by atoms with van der Waals surface area (Å²) >= 11 is 3.50. The van der Waals surface area contributed by atoms with E-state index in [9.17, 15) is 4.79 Å². The first-order chi connectivity index (χ1) is 9.92. The van der Waals surface area contributed by atoms with Gasteiger partial charge in [0.2, 0.25) is 0 Å². The van der Waals surface area contributed by atoms with Crippen LogP contribution in [0.25, 0.3) is 0 Å². The standard InChI is InChI=1S/C14H20BrN5O/c1-5-9(2)16-14(21)12-6-7-19(18-12)8-20-11(4)13(15)10(3)17-20/h6-7,9H,5,8H2,1-4H3,(H,16,21). The van der Waals surface area contributed by atoms with Gasteiger partial charge in [0, 0.05) is 12.2 Å². The molecule has 6 nitrogen and oxygen atoms in total. The predicted octanol–water partition coefficient (Wildman–Crippen LogP) is 2.49. The minimum absolute atomic E-state index is 0.141. The molecule has 2 heterocycles. The van der Waals surface area contributed by atoms with Crippen LogP contribution in [0, 0.1) is 13.8 Å². The summed E-state index contributed by atoms with van der Waals surface area (Å²) in [7, 11) is 0. The molecular weight excluding hydrogens is 334 g/mol. The van der Waals surface area contributed by atoms with Gasteiger partial charge in [0.25, 0.3) is 5.91 Å². The van der Waals surface area contributed by atoms with E-state index in [1.807, 2.05) is 32.4 Å². The van der Waals surface area contributed by atoms with Gasteiger partial charge in [-0.1, -0.05) is 6.92 Å². The Balaban J connectivity index is 2.09. The van der Waals surface area contributed by atoms with Crippen molar-refractivity contribution in [2.24, 2.45) is 0 Å². The summed E-state index contributed by atoms with van der Waals surface area (Å²) < 4.78 is 4.56. The molecule has 0 fully saturated rings. The van der Waals surface area contributed by atoms with Crippen molar-refractivity contribution in [3.8, 4) is 0 Å². The molecule has 21 heavy (non-hydrogen) atoms. The van der Waals surface area contributed by atoms with Gasteiger partial charge < -0.3 is 5.32 Å². The van der Waals surface area contributed by atoms with E-state index in [1.165, 1.54) is 0 Å². The number of halogens is 1. The lowest BCUT2D eigenvalue weighted by Crippen LogP contribution is -2.32. The van der Waals surface area contributed by atoms with Crippen LogP contribution in [0.5, 0.6) is 0 Å². The third-order valence-corrected chi connectivity index (χ3v) is 4.58. The van der Waals surface area contributed by atoms with Crippen LogP contribution in [0.2, 0.25) is 0 Å². The minimum atomic E-state index is -0.141. The van der Waals surface area contributed by atoms with Gasteiger partial charge in [-0.15, -0.1) is 0 Å². The highest BCUT2D eigenvalue weighted by Crippen LogP contribution is 2.19. The Hall–Kier alpha value is -1.63. The summed E-state index contributed by atoms with van der Waals surface area (Å²) in [6.07, 6.45) is 2.68. The highest BCUT2D eigenvalue weighted by Gasteiger charge is 2.13. The molecule has 0 aromatic carbocycles. The summed E-state index contributed by atoms with van der Waals surface area (Å²) in [5.74, 6) is -0.141. The molecule has 0 radical (unpaired) electrons. The van der Waals surface area contributed by atoms with Crippen molar-refractivity contribution >= 4 is 21.8 Å². The van der Waals surface area contributed by atoms with Gasteiger partial charge in [-0.2, -0.15) is 10.2 Å². The molecule has 1 amide bonds. The van der Waals surface area contributed by atoms with Crippen LogP contribution in [0.4, 0.5) is 0 Å². The second-order valence-electron chi connectivity index (χ2n) is 5.15. The second kappa shape index (κ2) is 6.43. The SMILES string of the molecule is CCC(C)NC(=O)c1ccn(Cn2nc(C)c(Br)c2C)n1. The smallest absolute Gasteiger partial charge is 0.271 e. The van der Waals surface area contributed by atoms with Gasteiger partial charge in [-0.05, 0) is 49.2 Å². The van der Waals surface area contributed by atoms with E-state index in [1.54, 1.807) is 16.9 Å². The largest absolute Gasteiger partial charge is 0.348 e. The average molecular weight is 354 g/mol. The molecular formula is C14H20BrN5O. The van der Waals surface area contributed by atoms with E-state index < -0.39 is 0 Å². The van der Waals surface area contributed by atoms with E-state index in [-0.39, 0.29) is 11.9 Å². The van der Waals surface area contributed by atoms with Crippen LogP contribution >= 0.6 is 15.9 Å². The first-order valence-electron chi connectivity index (χ1n) is 6.96. The number of amides is 1. The maximum absolute atomic E-state index is 12.0. The van der Waals surface area contributed by atoms with Gasteiger partial charge in [0.15, 0.2) is 0 Å². The Morgan fingerprint density at radius 2 is 2.14 bits per heavy atom. The summed E-state index contributed by atoms with van der Waals surface area (Å²) in [6.45, 7) is 8.42. The van der Waals surface area contributed by atoms with E-state index >= 15 is 0 Å². The zero-order valence-corrected chi connectivity index (χ0v) is 14.3. The Kier molecular flexibility index (Phi) is 4.82. The molecule has 2 rings (SSSR count). The lowest BCUT2D eigenvalue weighted by atomic mass is 10.2. The monoisotopic (exact) mass is 353 g/mol. The van der Waals surface area contributed by atoms with Crippen LogP contribution in [0.3, 0.4) is 0 Å². The van der Waals surface area contributed by atoms with E-state index in [4.69, 9.17) is 0 Å². The van der Waals surface area contributed by atoms with Crippen molar-refractivity contribution in [1.29, 1.82) is 0 Å². The molecule has 0 saturated carbocycles. The van der Waals surface area contributed by atoms with Crippen LogP contribution in [0.1, 0.15) is 42.1 Å². The Bertz CT molecular complexity index is 646. The molecule has 0 saturated heterocycles. The fourth-order valence-corrected chi connectivity index (χ4v) is 2.20. The van der Waals surface area contributed by atoms with Crippen LogP contribution in [0.15, 0.2) is 16.7 Å². The van der Waals surface area contributed by atoms with Crippen LogP contribution in [-0.4, -0.2) is 31.5 Å². The van der Waals surface area contributed by atoms with E-state index in [0.29, 0.717) is 12.4 Å². The molecule has 0 aliphatic heterocycles. The summed E-state index contributed by atoms with van der Waals surface area (Å²) in [6, 6.07) is 1.87. The lowest BCUT2D eigenvalue weighted by Gasteiger charge is -2.09. The number of nitrogens with zero attached hydrogens (tertiary/aromatic N) is 4. The van der Waals surface area contributed by atoms with Crippen molar-refractivity contribution in [2.45, 2.75) is 46.8 Å². The molecule has 0 aliphatic carbocycles. The lowest BCUT2D eigenvalue weighted by molar-refractivity contribution is 0.0933. The topological polar surface area (TPSA) is 64.7 Å². The van der Waals surface area contributed by atoms with Gasteiger partial charge in [-0.25, -0.2) is 4.68 Å². The maximum Gasteiger partial charge on any atom is 0.271 e. The minimum Gasteiger partial charge on any atom is -0.348 e. The Morgan fingerprint density at radius 3 is 2.71 bits per heavy atom. The number of hydrogen-bond acceptors (Lipinski definition) is 3. The number of carbonyl (C=O) groups is 1. The molecule has 7 heteroatoms. The van der Waals surface area contributed by atoms with Crippen molar-refractivity contribution in [1.82, 2.24) is 24.9 Å². The number of rotatable bonds is 5. The van der Waals surface area contributed by atoms with E-state index in [2.05, 4.69) is 31.4 Å². The van der Waals surface area contributed by atoms with E-state index in [0.717, 1.165) is 22.3 Å². The predicted molar refractivity (Wildman–Crippen MR) is 84.2 cm³/mol. The molecule has 0 bridgehead atoms. The Labute approximate surface area is 132 Å². The maximum atomic E-state index is 12.0. The van der Waals surface area contributed by atoms with Gasteiger partial charge >= 0.3 is 0 Å². The molecule has 114 valence electrons. The number of aromatic nitrogens is 4. The molecule has 1 atom stereocenters. The molecule has 1 N–H and O–H groups in total. The van der Waals surface area contributed by atoms with Gasteiger partial charge in [0.05, 0.1) is 15.9 Å². The molecule has 2 aromatic rings. The first kappa shape index (κ1) is 15.8. The normalized spacial score (nSPS) is 12.4. The second-order valence-corrected chi connectivity index (χ2v) is 5.94. The van der Waals surface area contributed by atoms with Crippen molar-refractivity contribution in [2.75, 3.05) is 0 Å². The molecule has 1 unspecified atom stereocenters. The number of nitrogens with one attached hydrogen (secondary N) is 1. The summed E-state index contributed by atoms with van der Waals surface area (Å²) in [4.78, 5) is 12.0. The highest BCUT2D eigenvalue weighted by molar-refractivity contribution is 9.10. The number of hydrogen-bond donors (Lipinski definition) is 1. The highest BCUT2D eigenvalue weighted by atomic mass is 79.9. The third-order valence-electron chi connectivity index (χ3n) is 3.44. The molecule has 2 aromatic heterocycles. The van der Waals surface area contributed by atoms with Crippen molar-refractivity contribution in [3.05, 3.63) is 33.8 Å². The molecule has 0 aliphatic rings. The van der Waals surface area contributed by atoms with Crippen molar-refractivity contribution in [3.63, 3.8) is 0 Å². The quantitative estimate of drug-likeness (QED) is 0.897. The van der Waals surface area contributed by atoms with Crippen LogP contribution in [-0.2, 0) is 6.67 Å². The molecule has 0 spiro atoms. The number of carbonyl (C=O) groups excluding carboxylic acids is 1. The van der Waals surface area contributed by atoms with Gasteiger partial charge in [-0.3, -0.25) is 9.48 Å². The third kappa shape index (κ3) is 3.53. The first-order valence-corrected chi connectivity index (χ1v) is 7.75. The van der Waals surface area contributed by atoms with Crippen molar-refractivity contribution < 1.29 is 4.79 Å².